The van der Waals surface area contributed by atoms with Gasteiger partial charge in [-0.3, -0.25) is 4.79 Å². The van der Waals surface area contributed by atoms with Crippen LogP contribution in [0.2, 0.25) is 0 Å². The van der Waals surface area contributed by atoms with E-state index in [1.807, 2.05) is 86.9 Å². The molecule has 0 radical (unpaired) electrons. The molecule has 0 N–H and O–H groups in total. The van der Waals surface area contributed by atoms with Crippen LogP contribution in [0.1, 0.15) is 31.4 Å². The zero-order chi connectivity index (χ0) is 25.2. The fourth-order valence-corrected chi connectivity index (χ4v) is 5.99. The number of fused-ring (bicyclic) bond motifs is 2. The summed E-state index contributed by atoms with van der Waals surface area (Å²) in [5.74, 6) is -0.354. The topological polar surface area (TPSA) is 48.1 Å². The molecule has 0 fully saturated rings. The van der Waals surface area contributed by atoms with Gasteiger partial charge in [-0.05, 0) is 25.0 Å². The van der Waals surface area contributed by atoms with Crippen LogP contribution < -0.4 is 5.11 Å². The standard InChI is InChI=1S/C32H28N2O2/c1-5-32(2)23-16-10-12-18-25(23)33(3)26(32)19-22-30(35)28(31(22)36)27-21-15-9-11-17-24(21)34(4)29(27)20-13-7-6-8-14-20/h6-19H,5H2,1-4H3. The molecule has 2 aliphatic rings. The summed E-state index contributed by atoms with van der Waals surface area (Å²) in [7, 11) is 4.01. The van der Waals surface area contributed by atoms with Crippen LogP contribution in [0.25, 0.3) is 27.7 Å². The summed E-state index contributed by atoms with van der Waals surface area (Å²) in [6.07, 6.45) is 2.71. The van der Waals surface area contributed by atoms with Crippen molar-refractivity contribution >= 4 is 33.7 Å². The van der Waals surface area contributed by atoms with Crippen LogP contribution in [-0.2, 0) is 17.3 Å². The van der Waals surface area contributed by atoms with Crippen molar-refractivity contribution in [1.82, 2.24) is 4.57 Å². The maximum absolute atomic E-state index is 13.7. The van der Waals surface area contributed by atoms with Crippen molar-refractivity contribution in [3.8, 4) is 11.3 Å². The number of nitrogens with zero attached hydrogens (tertiary/aromatic N) is 2. The van der Waals surface area contributed by atoms with E-state index in [1.54, 1.807) is 0 Å². The number of ketones is 1. The third-order valence-electron chi connectivity index (χ3n) is 8.12. The fourth-order valence-electron chi connectivity index (χ4n) is 5.99. The second-order valence-corrected chi connectivity index (χ2v) is 9.90. The predicted molar refractivity (Wildman–Crippen MR) is 143 cm³/mol. The lowest BCUT2D eigenvalue weighted by molar-refractivity contribution is -0.401. The number of hydrogen-bond acceptors (Lipinski definition) is 2. The van der Waals surface area contributed by atoms with Crippen molar-refractivity contribution in [3.63, 3.8) is 0 Å². The molecule has 3 aromatic carbocycles. The molecule has 4 nitrogen and oxygen atoms in total. The smallest absolute Gasteiger partial charge is 0.209 e. The van der Waals surface area contributed by atoms with E-state index in [0.717, 1.165) is 45.5 Å². The third-order valence-corrected chi connectivity index (χ3v) is 8.12. The molecule has 0 saturated heterocycles. The minimum absolute atomic E-state index is 0.177. The molecule has 1 unspecified atom stereocenters. The molecule has 1 aliphatic carbocycles. The Bertz CT molecular complexity index is 1670. The largest absolute Gasteiger partial charge is 0.871 e. The molecule has 1 aliphatic heterocycles. The lowest BCUT2D eigenvalue weighted by atomic mass is 9.74. The number of rotatable bonds is 4. The van der Waals surface area contributed by atoms with Crippen molar-refractivity contribution in [3.05, 3.63) is 107 Å². The molecular weight excluding hydrogens is 444 g/mol. The Labute approximate surface area is 211 Å². The van der Waals surface area contributed by atoms with Crippen LogP contribution >= 0.6 is 0 Å². The first-order chi connectivity index (χ1) is 17.4. The number of aryl methyl sites for hydroxylation is 1. The van der Waals surface area contributed by atoms with Gasteiger partial charge in [0, 0.05) is 52.4 Å². The molecule has 1 aromatic heterocycles. The van der Waals surface area contributed by atoms with Gasteiger partial charge in [0.25, 0.3) is 0 Å². The van der Waals surface area contributed by atoms with Gasteiger partial charge in [-0.15, -0.1) is 0 Å². The van der Waals surface area contributed by atoms with E-state index < -0.39 is 0 Å². The van der Waals surface area contributed by atoms with Crippen LogP contribution in [0.4, 0.5) is 5.69 Å². The first-order valence-electron chi connectivity index (χ1n) is 12.4. The lowest BCUT2D eigenvalue weighted by Crippen LogP contribution is -2.34. The van der Waals surface area contributed by atoms with E-state index in [-0.39, 0.29) is 28.1 Å². The first-order valence-corrected chi connectivity index (χ1v) is 12.4. The number of para-hydroxylation sites is 2. The second kappa shape index (κ2) is 7.92. The van der Waals surface area contributed by atoms with E-state index >= 15 is 0 Å². The number of benzene rings is 3. The van der Waals surface area contributed by atoms with Gasteiger partial charge in [0.05, 0.1) is 11.1 Å². The highest BCUT2D eigenvalue weighted by Crippen LogP contribution is 2.46. The second-order valence-electron chi connectivity index (χ2n) is 9.90. The van der Waals surface area contributed by atoms with E-state index in [2.05, 4.69) is 35.1 Å². The highest BCUT2D eigenvalue weighted by Gasteiger charge is 2.46. The van der Waals surface area contributed by atoms with Gasteiger partial charge in [0.15, 0.2) is 11.5 Å². The third kappa shape index (κ3) is 2.87. The Morgan fingerprint density at radius 3 is 2.36 bits per heavy atom. The summed E-state index contributed by atoms with van der Waals surface area (Å²) < 4.78 is 4.21. The van der Waals surface area contributed by atoms with Crippen LogP contribution in [0, 0.1) is 0 Å². The normalized spacial score (nSPS) is 20.4. The zero-order valence-electron chi connectivity index (χ0n) is 21.0. The quantitative estimate of drug-likeness (QED) is 0.290. The van der Waals surface area contributed by atoms with Crippen LogP contribution in [0.15, 0.2) is 96.3 Å². The van der Waals surface area contributed by atoms with Gasteiger partial charge in [-0.1, -0.05) is 79.4 Å². The van der Waals surface area contributed by atoms with Crippen molar-refractivity contribution in [2.75, 3.05) is 7.05 Å². The maximum Gasteiger partial charge on any atom is 0.209 e. The number of aromatic nitrogens is 1. The molecule has 6 rings (SSSR count). The molecule has 4 aromatic rings. The Kier molecular flexibility index (Phi) is 4.91. The molecule has 36 heavy (non-hydrogen) atoms. The van der Waals surface area contributed by atoms with Crippen molar-refractivity contribution in [2.24, 2.45) is 7.05 Å². The lowest BCUT2D eigenvalue weighted by Gasteiger charge is -2.32. The summed E-state index contributed by atoms with van der Waals surface area (Å²) in [6.45, 7) is 4.34. The Balaban J connectivity index is 1.55. The molecule has 2 heterocycles. The van der Waals surface area contributed by atoms with Crippen LogP contribution in [0.5, 0.6) is 0 Å². The van der Waals surface area contributed by atoms with Crippen LogP contribution in [-0.4, -0.2) is 27.7 Å². The van der Waals surface area contributed by atoms with Crippen LogP contribution in [0.3, 0.4) is 0 Å². The Morgan fingerprint density at radius 2 is 1.64 bits per heavy atom. The van der Waals surface area contributed by atoms with Crippen molar-refractivity contribution < 1.29 is 14.5 Å². The van der Waals surface area contributed by atoms with Gasteiger partial charge in [0.1, 0.15) is 7.05 Å². The van der Waals surface area contributed by atoms with Crippen molar-refractivity contribution in [1.29, 1.82) is 0 Å². The van der Waals surface area contributed by atoms with Crippen molar-refractivity contribution in [2.45, 2.75) is 25.7 Å². The van der Waals surface area contributed by atoms with E-state index in [4.69, 9.17) is 0 Å². The number of carbonyl (C=O) groups is 1. The maximum atomic E-state index is 13.7. The molecule has 1 atom stereocenters. The number of carbonyl (C=O) groups excluding carboxylic acids is 1. The summed E-state index contributed by atoms with van der Waals surface area (Å²) in [5.41, 5.74) is 7.24. The number of allylic oxidation sites excluding steroid dienone is 3. The van der Waals surface area contributed by atoms with Gasteiger partial charge in [-0.25, -0.2) is 0 Å². The molecule has 0 bridgehead atoms. The number of Topliss-reactive ketones (excluding diaryl/α,β-unsaturated/α-hetero) is 1. The zero-order valence-corrected chi connectivity index (χ0v) is 21.0. The molecule has 4 heteroatoms. The predicted octanol–water partition coefficient (Wildman–Crippen LogP) is 5.52. The van der Waals surface area contributed by atoms with Gasteiger partial charge < -0.3 is 9.67 Å². The Morgan fingerprint density at radius 1 is 0.972 bits per heavy atom. The van der Waals surface area contributed by atoms with Gasteiger partial charge in [-0.2, -0.15) is 4.58 Å². The van der Waals surface area contributed by atoms with E-state index in [0.29, 0.717) is 0 Å². The molecule has 0 amide bonds. The monoisotopic (exact) mass is 472 g/mol. The van der Waals surface area contributed by atoms with E-state index in [9.17, 15) is 9.90 Å². The van der Waals surface area contributed by atoms with E-state index in [1.165, 1.54) is 5.56 Å². The molecule has 0 saturated carbocycles. The van der Waals surface area contributed by atoms with Gasteiger partial charge in [0.2, 0.25) is 5.69 Å². The minimum atomic E-state index is -0.261. The summed E-state index contributed by atoms with van der Waals surface area (Å²) in [5, 5.41) is 14.6. The van der Waals surface area contributed by atoms with Gasteiger partial charge >= 0.3 is 0 Å². The average Bonchev–Trinajstić information content (AvgIpc) is 3.32. The summed E-state index contributed by atoms with van der Waals surface area (Å²) in [4.78, 5) is 13.7. The fraction of sp³-hybridized carbons (Fsp3) is 0.188. The molecule has 178 valence electrons. The average molecular weight is 473 g/mol. The SMILES string of the molecule is CCC1(C)C(/C=C2/C(=O)C(c3c(-c4ccccc4)n(C)c4ccccc34)=C2[O-])=[N+](C)c2ccccc21. The Hall–Kier alpha value is -4.18. The summed E-state index contributed by atoms with van der Waals surface area (Å²) in [6, 6.07) is 26.3. The minimum Gasteiger partial charge on any atom is -0.871 e. The highest BCUT2D eigenvalue weighted by molar-refractivity contribution is 6.42. The first kappa shape index (κ1) is 22.3. The number of hydrogen-bond donors (Lipinski definition) is 0. The highest BCUT2D eigenvalue weighted by atomic mass is 16.3. The molecular formula is C32H28N2O2. The molecule has 0 spiro atoms. The summed E-state index contributed by atoms with van der Waals surface area (Å²) >= 11 is 0.